The van der Waals surface area contributed by atoms with Gasteiger partial charge in [0.1, 0.15) is 0 Å². The van der Waals surface area contributed by atoms with Gasteiger partial charge >= 0.3 is 5.97 Å². The van der Waals surface area contributed by atoms with Gasteiger partial charge in [0.05, 0.1) is 36.1 Å². The summed E-state index contributed by atoms with van der Waals surface area (Å²) < 4.78 is 14.2. The number of nitrogens with zero attached hydrogens (tertiary/aromatic N) is 3. The smallest absolute Gasteiger partial charge is 0.310 e. The van der Waals surface area contributed by atoms with Gasteiger partial charge in [-0.2, -0.15) is 0 Å². The Labute approximate surface area is 271 Å². The first-order valence-corrected chi connectivity index (χ1v) is 16.5. The third kappa shape index (κ3) is 6.20. The molecule has 8 nitrogen and oxygen atoms in total. The number of cyclic esters (lactones) is 1. The lowest BCUT2D eigenvalue weighted by molar-refractivity contribution is -0.154. The molecule has 0 saturated carbocycles. The fourth-order valence-electron chi connectivity index (χ4n) is 7.21. The minimum absolute atomic E-state index is 0.110. The quantitative estimate of drug-likeness (QED) is 0.267. The number of rotatable bonds is 4. The summed E-state index contributed by atoms with van der Waals surface area (Å²) in [6.07, 6.45) is 4.21. The van der Waals surface area contributed by atoms with Crippen molar-refractivity contribution in [2.24, 2.45) is 17.1 Å². The number of carbonyl (C=O) groups excluding carboxylic acids is 2. The minimum atomic E-state index is -0.679. The minimum Gasteiger partial charge on any atom is -0.465 e. The van der Waals surface area contributed by atoms with Crippen LogP contribution < -0.4 is 5.73 Å². The zero-order chi connectivity index (χ0) is 32.6. The molecule has 1 fully saturated rings. The van der Waals surface area contributed by atoms with Gasteiger partial charge in [0, 0.05) is 54.8 Å². The normalized spacial score (nSPS) is 21.1. The maximum atomic E-state index is 13.4. The maximum absolute atomic E-state index is 13.4. The van der Waals surface area contributed by atoms with E-state index >= 15 is 0 Å². The van der Waals surface area contributed by atoms with Gasteiger partial charge in [-0.25, -0.2) is 0 Å². The van der Waals surface area contributed by atoms with Crippen molar-refractivity contribution in [2.45, 2.75) is 72.1 Å². The van der Waals surface area contributed by atoms with E-state index in [2.05, 4.69) is 61.7 Å². The number of piperidine rings is 1. The van der Waals surface area contributed by atoms with Crippen molar-refractivity contribution in [1.82, 2.24) is 14.5 Å². The number of methoxy groups -OCH3 is 1. The van der Waals surface area contributed by atoms with E-state index in [4.69, 9.17) is 20.2 Å². The van der Waals surface area contributed by atoms with Crippen LogP contribution in [0.2, 0.25) is 0 Å². The number of pyridine rings is 1. The number of hydrogen-bond acceptors (Lipinski definition) is 6. The van der Waals surface area contributed by atoms with Crippen LogP contribution in [0.5, 0.6) is 0 Å². The highest BCUT2D eigenvalue weighted by atomic mass is 16.5. The van der Waals surface area contributed by atoms with Crippen LogP contribution in [-0.2, 0) is 38.4 Å². The van der Waals surface area contributed by atoms with Crippen molar-refractivity contribution in [1.29, 1.82) is 0 Å². The molecule has 1 amide bonds. The summed E-state index contributed by atoms with van der Waals surface area (Å²) in [5.41, 5.74) is 14.7. The van der Waals surface area contributed by atoms with Gasteiger partial charge < -0.3 is 24.7 Å². The number of benzene rings is 2. The van der Waals surface area contributed by atoms with Crippen LogP contribution in [-0.4, -0.2) is 59.2 Å². The van der Waals surface area contributed by atoms with Gasteiger partial charge in [-0.3, -0.25) is 14.6 Å². The van der Waals surface area contributed by atoms with Crippen LogP contribution in [0.3, 0.4) is 0 Å². The predicted molar refractivity (Wildman–Crippen MR) is 181 cm³/mol. The Bertz CT molecular complexity index is 1760. The third-order valence-corrected chi connectivity index (χ3v) is 9.68. The first-order chi connectivity index (χ1) is 22.1. The number of carbonyl (C=O) groups is 2. The monoisotopic (exact) mass is 622 g/mol. The molecule has 0 radical (unpaired) electrons. The van der Waals surface area contributed by atoms with E-state index in [9.17, 15) is 9.59 Å². The summed E-state index contributed by atoms with van der Waals surface area (Å²) in [5.74, 6) is -0.701. The standard InChI is InChI=1S/C38H46N4O4/c1-6-42-33-15-14-27-20-30(33)31(35(42)29-13-8-16-40-34(29)24(2)45-5)21-38(3,4)23-46-37(44)28-12-9-17-41(22-28)36(43)32(39)19-25-10-7-11-26(27)18-25/h7-8,10-11,13-16,18,20,24,28,32H,6,9,12,17,19,21-23,39H2,1-5H3/t24-,28+,32-/m0/s1. The van der Waals surface area contributed by atoms with Crippen LogP contribution in [0.25, 0.3) is 33.3 Å². The Morgan fingerprint density at radius 2 is 1.91 bits per heavy atom. The summed E-state index contributed by atoms with van der Waals surface area (Å²) in [7, 11) is 1.71. The molecular weight excluding hydrogens is 576 g/mol. The molecule has 0 unspecified atom stereocenters. The number of aromatic nitrogens is 2. The van der Waals surface area contributed by atoms with Gasteiger partial charge in [-0.1, -0.05) is 44.2 Å². The Morgan fingerprint density at radius 3 is 2.70 bits per heavy atom. The predicted octanol–water partition coefficient (Wildman–Crippen LogP) is 6.33. The molecule has 2 aromatic carbocycles. The fourth-order valence-corrected chi connectivity index (χ4v) is 7.21. The van der Waals surface area contributed by atoms with Crippen LogP contribution in [0.4, 0.5) is 0 Å². The Kier molecular flexibility index (Phi) is 9.03. The molecule has 3 atom stereocenters. The first-order valence-electron chi connectivity index (χ1n) is 16.5. The molecule has 0 spiro atoms. The van der Waals surface area contributed by atoms with Crippen molar-refractivity contribution < 1.29 is 19.1 Å². The third-order valence-electron chi connectivity index (χ3n) is 9.68. The first kappa shape index (κ1) is 32.0. The van der Waals surface area contributed by atoms with E-state index < -0.39 is 6.04 Å². The lowest BCUT2D eigenvalue weighted by atomic mass is 9.84. The Morgan fingerprint density at radius 1 is 1.11 bits per heavy atom. The van der Waals surface area contributed by atoms with Gasteiger partial charge in [0.25, 0.3) is 0 Å². The Balaban J connectivity index is 1.55. The second kappa shape index (κ2) is 13.0. The summed E-state index contributed by atoms with van der Waals surface area (Å²) in [4.78, 5) is 33.4. The zero-order valence-electron chi connectivity index (χ0n) is 27.7. The van der Waals surface area contributed by atoms with Gasteiger partial charge in [-0.15, -0.1) is 0 Å². The summed E-state index contributed by atoms with van der Waals surface area (Å²) in [5, 5.41) is 1.16. The summed E-state index contributed by atoms with van der Waals surface area (Å²) >= 11 is 0. The molecule has 6 bridgehead atoms. The van der Waals surface area contributed by atoms with Gasteiger partial charge in [-0.05, 0) is 86.1 Å². The van der Waals surface area contributed by atoms with Crippen molar-refractivity contribution in [3.8, 4) is 22.4 Å². The SMILES string of the molecule is CCn1c(-c2cccnc2[C@H](C)OC)c2c3cc(ccc31)-c1cccc(c1)C[C@H](N)C(=O)N1CCC[C@H](C1)C(=O)OCC(C)(C)C2. The molecule has 6 rings (SSSR count). The lowest BCUT2D eigenvalue weighted by Gasteiger charge is -2.34. The number of nitrogens with two attached hydrogens (primary N) is 1. The largest absolute Gasteiger partial charge is 0.465 e. The fraction of sp³-hybridized carbons (Fsp3) is 0.447. The van der Waals surface area contributed by atoms with Crippen molar-refractivity contribution in [2.75, 3.05) is 26.8 Å². The molecule has 2 N–H and O–H groups in total. The van der Waals surface area contributed by atoms with Crippen LogP contribution in [0.15, 0.2) is 60.8 Å². The molecule has 0 aliphatic carbocycles. The second-order valence-electron chi connectivity index (χ2n) is 13.7. The number of esters is 1. The zero-order valence-corrected chi connectivity index (χ0v) is 27.7. The van der Waals surface area contributed by atoms with Crippen LogP contribution in [0.1, 0.15) is 63.5 Å². The van der Waals surface area contributed by atoms with Gasteiger partial charge in [0.15, 0.2) is 0 Å². The number of amides is 1. The molecule has 2 aromatic heterocycles. The number of fused-ring (bicyclic) bond motifs is 6. The number of ether oxygens (including phenoxy) is 2. The molecule has 2 aliphatic heterocycles. The highest BCUT2D eigenvalue weighted by Crippen LogP contribution is 2.42. The Hall–Kier alpha value is -4.01. The molecular formula is C38H46N4O4. The van der Waals surface area contributed by atoms with E-state index in [1.807, 2.05) is 31.3 Å². The van der Waals surface area contributed by atoms with E-state index in [0.717, 1.165) is 57.5 Å². The van der Waals surface area contributed by atoms with E-state index in [1.165, 1.54) is 5.56 Å². The number of hydrogen-bond donors (Lipinski definition) is 1. The van der Waals surface area contributed by atoms with E-state index in [0.29, 0.717) is 32.4 Å². The van der Waals surface area contributed by atoms with Crippen molar-refractivity contribution in [3.05, 3.63) is 77.6 Å². The van der Waals surface area contributed by atoms with Crippen molar-refractivity contribution >= 4 is 22.8 Å². The maximum Gasteiger partial charge on any atom is 0.310 e. The molecule has 4 aromatic rings. The van der Waals surface area contributed by atoms with Crippen LogP contribution in [0, 0.1) is 11.3 Å². The van der Waals surface area contributed by atoms with E-state index in [1.54, 1.807) is 12.0 Å². The van der Waals surface area contributed by atoms with E-state index in [-0.39, 0.29) is 35.9 Å². The summed E-state index contributed by atoms with van der Waals surface area (Å²) in [6.45, 7) is 10.5. The number of aryl methyl sites for hydroxylation is 1. The van der Waals surface area contributed by atoms with Gasteiger partial charge in [0.2, 0.25) is 5.91 Å². The lowest BCUT2D eigenvalue weighted by Crippen LogP contribution is -2.50. The summed E-state index contributed by atoms with van der Waals surface area (Å²) in [6, 6.07) is 18.4. The molecule has 2 aliphatic rings. The molecule has 8 heteroatoms. The van der Waals surface area contributed by atoms with Crippen LogP contribution >= 0.6 is 0 Å². The topological polar surface area (TPSA) is 99.7 Å². The second-order valence-corrected chi connectivity index (χ2v) is 13.7. The molecule has 242 valence electrons. The average molecular weight is 623 g/mol. The average Bonchev–Trinajstić information content (AvgIpc) is 3.37. The highest BCUT2D eigenvalue weighted by Gasteiger charge is 2.34. The molecule has 1 saturated heterocycles. The highest BCUT2D eigenvalue weighted by molar-refractivity contribution is 5.95. The molecule has 46 heavy (non-hydrogen) atoms. The van der Waals surface area contributed by atoms with Crippen molar-refractivity contribution in [3.63, 3.8) is 0 Å². The molecule has 4 heterocycles.